The molecule has 0 fully saturated rings. The van der Waals surface area contributed by atoms with Crippen LogP contribution >= 0.6 is 15.9 Å². The number of carbonyl (C=O) groups excluding carboxylic acids is 1. The van der Waals surface area contributed by atoms with Crippen LogP contribution in [0.2, 0.25) is 0 Å². The van der Waals surface area contributed by atoms with Crippen LogP contribution in [0.25, 0.3) is 0 Å². The Labute approximate surface area is 96.8 Å². The molecule has 0 saturated carbocycles. The highest BCUT2D eigenvalue weighted by Crippen LogP contribution is 2.11. The fourth-order valence-corrected chi connectivity index (χ4v) is 1.11. The summed E-state index contributed by atoms with van der Waals surface area (Å²) in [6, 6.07) is 3.59. The van der Waals surface area contributed by atoms with Gasteiger partial charge in [-0.1, -0.05) is 0 Å². The number of nitrogens with zero attached hydrogens (tertiary/aromatic N) is 2. The first-order chi connectivity index (χ1) is 7.13. The number of pyridine rings is 1. The first kappa shape index (κ1) is 11.5. The minimum absolute atomic E-state index is 0.369. The summed E-state index contributed by atoms with van der Waals surface area (Å²) in [4.78, 5) is 19.4. The van der Waals surface area contributed by atoms with E-state index in [9.17, 15) is 4.79 Å². The van der Waals surface area contributed by atoms with Crippen molar-refractivity contribution in [1.29, 1.82) is 0 Å². The van der Waals surface area contributed by atoms with Crippen molar-refractivity contribution >= 4 is 33.3 Å². The van der Waals surface area contributed by atoms with Gasteiger partial charge < -0.3 is 10.2 Å². The fraction of sp³-hybridized carbons (Fsp3) is 0.200. The van der Waals surface area contributed by atoms with Crippen LogP contribution in [-0.4, -0.2) is 25.0 Å². The van der Waals surface area contributed by atoms with E-state index in [-0.39, 0.29) is 5.91 Å². The monoisotopic (exact) mass is 267 g/mol. The highest BCUT2D eigenvalue weighted by molar-refractivity contribution is 9.12. The standard InChI is InChI=1S/C10H10BrN3O/c1-14(2)9-4-3-8(7-12-9)13-10(15)5-6-11/h3-4,7H,1-2H3,(H,13,15). The molecule has 15 heavy (non-hydrogen) atoms. The molecule has 0 spiro atoms. The Hall–Kier alpha value is -1.54. The van der Waals surface area contributed by atoms with Crippen molar-refractivity contribution < 1.29 is 4.79 Å². The molecule has 0 aliphatic heterocycles. The molecule has 0 saturated heterocycles. The van der Waals surface area contributed by atoms with Crippen LogP contribution in [0.5, 0.6) is 0 Å². The molecular weight excluding hydrogens is 258 g/mol. The maximum absolute atomic E-state index is 11.1. The lowest BCUT2D eigenvalue weighted by Gasteiger charge is -2.10. The summed E-state index contributed by atoms with van der Waals surface area (Å²) in [7, 11) is 3.80. The molecule has 1 rings (SSSR count). The lowest BCUT2D eigenvalue weighted by Crippen LogP contribution is -2.12. The average Bonchev–Trinajstić information content (AvgIpc) is 2.18. The van der Waals surface area contributed by atoms with Crippen molar-refractivity contribution in [1.82, 2.24) is 4.98 Å². The van der Waals surface area contributed by atoms with Crippen LogP contribution in [-0.2, 0) is 4.79 Å². The smallest absolute Gasteiger partial charge is 0.301 e. The average molecular weight is 268 g/mol. The second-order valence-electron chi connectivity index (χ2n) is 2.97. The molecule has 5 heteroatoms. The number of rotatable bonds is 2. The minimum atomic E-state index is -0.369. The molecule has 78 valence electrons. The molecule has 0 aromatic carbocycles. The van der Waals surface area contributed by atoms with Crippen LogP contribution in [0.4, 0.5) is 11.5 Å². The van der Waals surface area contributed by atoms with E-state index in [1.807, 2.05) is 25.1 Å². The van der Waals surface area contributed by atoms with E-state index in [0.29, 0.717) is 5.69 Å². The van der Waals surface area contributed by atoms with Gasteiger partial charge in [-0.25, -0.2) is 4.98 Å². The Kier molecular flexibility index (Phi) is 4.13. The summed E-state index contributed by atoms with van der Waals surface area (Å²) in [6.07, 6.45) is 1.59. The maximum Gasteiger partial charge on any atom is 0.301 e. The normalized spacial score (nSPS) is 8.73. The second-order valence-corrected chi connectivity index (χ2v) is 3.37. The first-order valence-corrected chi connectivity index (χ1v) is 4.99. The predicted molar refractivity (Wildman–Crippen MR) is 63.9 cm³/mol. The van der Waals surface area contributed by atoms with Gasteiger partial charge in [0, 0.05) is 35.9 Å². The van der Waals surface area contributed by atoms with Gasteiger partial charge in [-0.2, -0.15) is 0 Å². The Morgan fingerprint density at radius 2 is 2.27 bits per heavy atom. The maximum atomic E-state index is 11.1. The van der Waals surface area contributed by atoms with Crippen molar-refractivity contribution in [2.24, 2.45) is 0 Å². The van der Waals surface area contributed by atoms with Crippen molar-refractivity contribution in [3.63, 3.8) is 0 Å². The second kappa shape index (κ2) is 5.37. The molecular formula is C10H10BrN3O. The number of anilines is 2. The summed E-state index contributed by atoms with van der Waals surface area (Å²) in [5.41, 5.74) is 0.626. The Morgan fingerprint density at radius 1 is 1.53 bits per heavy atom. The van der Waals surface area contributed by atoms with E-state index < -0.39 is 0 Å². The number of hydrogen-bond acceptors (Lipinski definition) is 3. The van der Waals surface area contributed by atoms with E-state index in [1.54, 1.807) is 12.3 Å². The fourth-order valence-electron chi connectivity index (χ4n) is 0.930. The van der Waals surface area contributed by atoms with E-state index in [4.69, 9.17) is 0 Å². The highest BCUT2D eigenvalue weighted by atomic mass is 79.9. The number of aromatic nitrogens is 1. The van der Waals surface area contributed by atoms with Crippen LogP contribution in [0, 0.1) is 10.8 Å². The highest BCUT2D eigenvalue weighted by Gasteiger charge is 1.99. The summed E-state index contributed by atoms with van der Waals surface area (Å²) in [5.74, 6) is 2.77. The molecule has 0 radical (unpaired) electrons. The van der Waals surface area contributed by atoms with Gasteiger partial charge in [-0.05, 0) is 17.0 Å². The number of carbonyl (C=O) groups is 1. The largest absolute Gasteiger partial charge is 0.363 e. The van der Waals surface area contributed by atoms with Gasteiger partial charge >= 0.3 is 5.91 Å². The van der Waals surface area contributed by atoms with E-state index in [0.717, 1.165) is 5.82 Å². The predicted octanol–water partition coefficient (Wildman–Crippen LogP) is 1.44. The molecule has 4 nitrogen and oxygen atoms in total. The van der Waals surface area contributed by atoms with Crippen molar-refractivity contribution in [3.8, 4) is 10.8 Å². The zero-order valence-corrected chi connectivity index (χ0v) is 10.00. The van der Waals surface area contributed by atoms with Crippen LogP contribution in [0.1, 0.15) is 0 Å². The number of hydrogen-bond donors (Lipinski definition) is 1. The summed E-state index contributed by atoms with van der Waals surface area (Å²) < 4.78 is 0. The van der Waals surface area contributed by atoms with E-state index in [2.05, 4.69) is 37.0 Å². The molecule has 1 amide bonds. The minimum Gasteiger partial charge on any atom is -0.363 e. The van der Waals surface area contributed by atoms with Gasteiger partial charge in [0.2, 0.25) is 0 Å². The van der Waals surface area contributed by atoms with Gasteiger partial charge in [0.05, 0.1) is 11.9 Å². The van der Waals surface area contributed by atoms with Gasteiger partial charge in [0.25, 0.3) is 0 Å². The third kappa shape index (κ3) is 3.60. The SMILES string of the molecule is CN(C)c1ccc(NC(=O)C#CBr)cn1. The Morgan fingerprint density at radius 3 is 2.73 bits per heavy atom. The van der Waals surface area contributed by atoms with E-state index in [1.165, 1.54) is 0 Å². The zero-order chi connectivity index (χ0) is 11.3. The molecule has 1 aromatic rings. The van der Waals surface area contributed by atoms with Gasteiger partial charge in [0.15, 0.2) is 0 Å². The zero-order valence-electron chi connectivity index (χ0n) is 8.41. The van der Waals surface area contributed by atoms with Gasteiger partial charge in [-0.15, -0.1) is 0 Å². The lowest BCUT2D eigenvalue weighted by atomic mass is 10.4. The van der Waals surface area contributed by atoms with E-state index >= 15 is 0 Å². The molecule has 0 aliphatic carbocycles. The first-order valence-electron chi connectivity index (χ1n) is 4.19. The summed E-state index contributed by atoms with van der Waals surface area (Å²) >= 11 is 2.85. The summed E-state index contributed by atoms with van der Waals surface area (Å²) in [6.45, 7) is 0. The third-order valence-electron chi connectivity index (χ3n) is 1.62. The molecule has 0 aliphatic rings. The molecule has 1 N–H and O–H groups in total. The molecule has 0 bridgehead atoms. The quantitative estimate of drug-likeness (QED) is 0.825. The Balaban J connectivity index is 2.71. The van der Waals surface area contributed by atoms with Crippen molar-refractivity contribution in [3.05, 3.63) is 18.3 Å². The molecule has 0 unspecified atom stereocenters. The van der Waals surface area contributed by atoms with Crippen LogP contribution in [0.15, 0.2) is 18.3 Å². The van der Waals surface area contributed by atoms with Gasteiger partial charge in [0.1, 0.15) is 5.82 Å². The number of amides is 1. The van der Waals surface area contributed by atoms with Crippen LogP contribution < -0.4 is 10.2 Å². The third-order valence-corrected chi connectivity index (χ3v) is 1.82. The Bertz CT molecular complexity index is 403. The number of halogens is 1. The molecule has 1 aromatic heterocycles. The lowest BCUT2D eigenvalue weighted by molar-refractivity contribution is -0.111. The topological polar surface area (TPSA) is 45.2 Å². The van der Waals surface area contributed by atoms with Crippen LogP contribution in [0.3, 0.4) is 0 Å². The molecule has 1 heterocycles. The summed E-state index contributed by atoms with van der Waals surface area (Å²) in [5, 5.41) is 2.59. The van der Waals surface area contributed by atoms with Crippen molar-refractivity contribution in [2.75, 3.05) is 24.3 Å². The van der Waals surface area contributed by atoms with Crippen molar-refractivity contribution in [2.45, 2.75) is 0 Å². The molecule has 0 atom stereocenters. The number of nitrogens with one attached hydrogen (secondary N) is 1. The van der Waals surface area contributed by atoms with Gasteiger partial charge in [-0.3, -0.25) is 4.79 Å².